The van der Waals surface area contributed by atoms with Crippen LogP contribution in [0.4, 0.5) is 16.7 Å². The van der Waals surface area contributed by atoms with Gasteiger partial charge in [0.25, 0.3) is 5.91 Å². The highest BCUT2D eigenvalue weighted by molar-refractivity contribution is 6.14. The third-order valence-corrected chi connectivity index (χ3v) is 6.61. The maximum absolute atomic E-state index is 12.0. The maximum Gasteiger partial charge on any atom is 0.326 e. The Hall–Kier alpha value is -3.95. The van der Waals surface area contributed by atoms with Gasteiger partial charge in [0.05, 0.1) is 6.20 Å². The van der Waals surface area contributed by atoms with Crippen molar-refractivity contribution in [3.8, 4) is 0 Å². The Bertz CT molecular complexity index is 1300. The first-order valence-corrected chi connectivity index (χ1v) is 11.8. The molecule has 3 heterocycles. The van der Waals surface area contributed by atoms with Crippen LogP contribution in [0.15, 0.2) is 36.2 Å². The quantitative estimate of drug-likeness (QED) is 0.317. The molecule has 0 bridgehead atoms. The Morgan fingerprint density at radius 3 is 2.65 bits per heavy atom. The number of imide groups is 1. The van der Waals surface area contributed by atoms with E-state index < -0.39 is 11.9 Å². The first kappa shape index (κ1) is 20.6. The minimum atomic E-state index is -0.540. The molecule has 3 fully saturated rings. The fourth-order valence-electron chi connectivity index (χ4n) is 4.72. The number of nitrogens with zero attached hydrogens (tertiary/aromatic N) is 4. The molecule has 2 saturated carbocycles. The first-order chi connectivity index (χ1) is 16.6. The summed E-state index contributed by atoms with van der Waals surface area (Å²) in [5.41, 5.74) is 3.99. The van der Waals surface area contributed by atoms with Crippen LogP contribution in [-0.2, 0) is 11.3 Å². The van der Waals surface area contributed by atoms with Crippen molar-refractivity contribution >= 4 is 35.6 Å². The van der Waals surface area contributed by atoms with E-state index in [-0.39, 0.29) is 5.70 Å². The molecule has 2 aliphatic carbocycles. The fourth-order valence-corrected chi connectivity index (χ4v) is 4.72. The van der Waals surface area contributed by atoms with Crippen molar-refractivity contribution in [1.29, 1.82) is 0 Å². The average Bonchev–Trinajstić information content (AvgIpc) is 3.20. The van der Waals surface area contributed by atoms with Crippen molar-refractivity contribution in [2.75, 3.05) is 10.6 Å². The van der Waals surface area contributed by atoms with Gasteiger partial charge in [-0.05, 0) is 48.8 Å². The lowest BCUT2D eigenvalue weighted by Gasteiger charge is -2.16. The molecule has 34 heavy (non-hydrogen) atoms. The molecule has 3 aliphatic rings. The van der Waals surface area contributed by atoms with Gasteiger partial charge in [0.15, 0.2) is 5.65 Å². The largest absolute Gasteiger partial charge is 0.351 e. The summed E-state index contributed by atoms with van der Waals surface area (Å²) in [6.07, 6.45) is 10.4. The van der Waals surface area contributed by atoms with Crippen molar-refractivity contribution in [1.82, 2.24) is 30.2 Å². The van der Waals surface area contributed by atoms with Crippen LogP contribution in [0.5, 0.6) is 0 Å². The molecule has 3 amide bonds. The number of aromatic nitrogens is 4. The van der Waals surface area contributed by atoms with Gasteiger partial charge < -0.3 is 16.0 Å². The average molecular weight is 459 g/mol. The zero-order valence-electron chi connectivity index (χ0n) is 18.7. The Morgan fingerprint density at radius 1 is 1.06 bits per heavy atom. The normalized spacial score (nSPS) is 19.6. The van der Waals surface area contributed by atoms with Gasteiger partial charge in [-0.15, -0.1) is 0 Å². The van der Waals surface area contributed by atoms with Crippen LogP contribution in [0.25, 0.3) is 11.7 Å². The Labute approximate surface area is 196 Å². The summed E-state index contributed by atoms with van der Waals surface area (Å²) in [7, 11) is 0. The summed E-state index contributed by atoms with van der Waals surface area (Å²) < 4.78 is 1.64. The van der Waals surface area contributed by atoms with E-state index >= 15 is 0 Å². The summed E-state index contributed by atoms with van der Waals surface area (Å²) in [5.74, 6) is 1.23. The van der Waals surface area contributed by atoms with Crippen LogP contribution in [0, 0.1) is 0 Å². The summed E-state index contributed by atoms with van der Waals surface area (Å²) in [6.45, 7) is 0.620. The Kier molecular flexibility index (Phi) is 5.12. The standard InChI is InChI=1S/C24H26N8O2/c33-21-19(28-24(34)30-21)11-16-13-26-32-20(16)29-22(31-23(32)27-17-9-10-17)25-12-15-7-3-4-8-18(15)14-5-1-2-6-14/h3-4,7-8,11,13-14,17H,1-2,5-6,9-10,12H2,(H2,25,27,29,31)(H2,28,30,33,34)/b19-11-. The lowest BCUT2D eigenvalue weighted by molar-refractivity contribution is -0.115. The van der Waals surface area contributed by atoms with Gasteiger partial charge in [-0.3, -0.25) is 10.1 Å². The van der Waals surface area contributed by atoms with E-state index in [2.05, 4.69) is 50.6 Å². The zero-order chi connectivity index (χ0) is 23.1. The Morgan fingerprint density at radius 2 is 1.88 bits per heavy atom. The number of hydrogen-bond acceptors (Lipinski definition) is 7. The van der Waals surface area contributed by atoms with E-state index in [1.165, 1.54) is 36.8 Å². The number of carbonyl (C=O) groups excluding carboxylic acids is 2. The molecule has 6 rings (SSSR count). The molecule has 0 unspecified atom stereocenters. The van der Waals surface area contributed by atoms with Crippen LogP contribution in [0.1, 0.15) is 61.1 Å². The predicted molar refractivity (Wildman–Crippen MR) is 127 cm³/mol. The van der Waals surface area contributed by atoms with Crippen molar-refractivity contribution in [2.24, 2.45) is 0 Å². The van der Waals surface area contributed by atoms with Crippen LogP contribution >= 0.6 is 0 Å². The molecule has 1 saturated heterocycles. The molecule has 0 spiro atoms. The molecule has 2 aromatic heterocycles. The molecule has 4 N–H and O–H groups in total. The number of amides is 3. The minimum Gasteiger partial charge on any atom is -0.351 e. The lowest BCUT2D eigenvalue weighted by Crippen LogP contribution is -2.22. The maximum atomic E-state index is 12.0. The zero-order valence-corrected chi connectivity index (χ0v) is 18.7. The molecule has 10 heteroatoms. The Balaban J connectivity index is 1.32. The first-order valence-electron chi connectivity index (χ1n) is 11.8. The predicted octanol–water partition coefficient (Wildman–Crippen LogP) is 3.15. The highest BCUT2D eigenvalue weighted by atomic mass is 16.2. The van der Waals surface area contributed by atoms with Gasteiger partial charge in [-0.1, -0.05) is 37.1 Å². The van der Waals surface area contributed by atoms with E-state index in [9.17, 15) is 9.59 Å². The van der Waals surface area contributed by atoms with Gasteiger partial charge in [0.1, 0.15) is 5.70 Å². The summed E-state index contributed by atoms with van der Waals surface area (Å²) in [4.78, 5) is 32.9. The van der Waals surface area contributed by atoms with Crippen LogP contribution in [0.2, 0.25) is 0 Å². The molecule has 1 aromatic carbocycles. The van der Waals surface area contributed by atoms with Crippen LogP contribution in [0.3, 0.4) is 0 Å². The molecule has 0 radical (unpaired) electrons. The smallest absolute Gasteiger partial charge is 0.326 e. The number of carbonyl (C=O) groups is 2. The number of anilines is 2. The van der Waals surface area contributed by atoms with E-state index in [1.54, 1.807) is 16.8 Å². The lowest BCUT2D eigenvalue weighted by atomic mass is 9.93. The second-order valence-corrected chi connectivity index (χ2v) is 9.12. The van der Waals surface area contributed by atoms with Gasteiger partial charge in [-0.25, -0.2) is 4.79 Å². The third-order valence-electron chi connectivity index (χ3n) is 6.61. The monoisotopic (exact) mass is 458 g/mol. The summed E-state index contributed by atoms with van der Waals surface area (Å²) in [6, 6.07) is 8.42. The van der Waals surface area contributed by atoms with E-state index in [4.69, 9.17) is 9.97 Å². The van der Waals surface area contributed by atoms with Gasteiger partial charge in [-0.2, -0.15) is 19.6 Å². The summed E-state index contributed by atoms with van der Waals surface area (Å²) >= 11 is 0. The summed E-state index contributed by atoms with van der Waals surface area (Å²) in [5, 5.41) is 16.0. The van der Waals surface area contributed by atoms with E-state index in [0.29, 0.717) is 41.6 Å². The van der Waals surface area contributed by atoms with Gasteiger partial charge >= 0.3 is 6.03 Å². The number of hydrogen-bond donors (Lipinski definition) is 4. The topological polar surface area (TPSA) is 125 Å². The number of urea groups is 1. The number of nitrogens with one attached hydrogen (secondary N) is 4. The second-order valence-electron chi connectivity index (χ2n) is 9.12. The van der Waals surface area contributed by atoms with Crippen LogP contribution < -0.4 is 21.3 Å². The molecule has 174 valence electrons. The van der Waals surface area contributed by atoms with Crippen molar-refractivity contribution in [3.63, 3.8) is 0 Å². The SMILES string of the molecule is O=C1NC(=O)/C(=C/c2cnn3c(NC4CC4)nc(NCc4ccccc4C4CCCC4)nc23)N1. The van der Waals surface area contributed by atoms with E-state index in [1.807, 2.05) is 0 Å². The van der Waals surface area contributed by atoms with Gasteiger partial charge in [0, 0.05) is 18.2 Å². The van der Waals surface area contributed by atoms with E-state index in [0.717, 1.165) is 12.8 Å². The molecule has 3 aromatic rings. The molecular weight excluding hydrogens is 432 g/mol. The van der Waals surface area contributed by atoms with Crippen molar-refractivity contribution in [2.45, 2.75) is 57.0 Å². The molecule has 10 nitrogen and oxygen atoms in total. The number of fused-ring (bicyclic) bond motifs is 1. The third kappa shape index (κ3) is 4.07. The van der Waals surface area contributed by atoms with Crippen molar-refractivity contribution in [3.05, 3.63) is 52.8 Å². The molecular formula is C24H26N8O2. The molecule has 0 atom stereocenters. The molecule has 1 aliphatic heterocycles. The highest BCUT2D eigenvalue weighted by Crippen LogP contribution is 2.36. The van der Waals surface area contributed by atoms with Gasteiger partial charge in [0.2, 0.25) is 11.9 Å². The van der Waals surface area contributed by atoms with Crippen molar-refractivity contribution < 1.29 is 9.59 Å². The highest BCUT2D eigenvalue weighted by Gasteiger charge is 2.26. The number of benzene rings is 1. The fraction of sp³-hybridized carbons (Fsp3) is 0.375. The van der Waals surface area contributed by atoms with Crippen LogP contribution in [-0.4, -0.2) is 37.6 Å². The second kappa shape index (κ2) is 8.44. The minimum absolute atomic E-state index is 0.162. The number of rotatable bonds is 7.